The lowest BCUT2D eigenvalue weighted by atomic mass is 10.1. The lowest BCUT2D eigenvalue weighted by Crippen LogP contribution is -2.12. The number of aryl methyl sites for hydroxylation is 1. The van der Waals surface area contributed by atoms with E-state index in [9.17, 15) is 13.0 Å². The Hall–Kier alpha value is -2.45. The van der Waals surface area contributed by atoms with Crippen LogP contribution in [0, 0.1) is 23.3 Å². The van der Waals surface area contributed by atoms with E-state index in [1.165, 1.54) is 48.7 Å². The molecule has 0 saturated heterocycles. The van der Waals surface area contributed by atoms with Gasteiger partial charge >= 0.3 is 0 Å². The first-order valence-corrected chi connectivity index (χ1v) is 10.2. The smallest absolute Gasteiger partial charge is 0.181 e. The number of halogens is 3. The first-order chi connectivity index (χ1) is 12.6. The van der Waals surface area contributed by atoms with Crippen LogP contribution >= 0.6 is 11.6 Å². The Labute approximate surface area is 160 Å². The molecule has 2 N–H and O–H groups in total. The summed E-state index contributed by atoms with van der Waals surface area (Å²) in [7, 11) is -3.06. The van der Waals surface area contributed by atoms with Crippen LogP contribution in [0.5, 0.6) is 5.75 Å². The van der Waals surface area contributed by atoms with Gasteiger partial charge in [-0.2, -0.15) is 0 Å². The van der Waals surface area contributed by atoms with Gasteiger partial charge in [-0.3, -0.25) is 0 Å². The molecule has 1 heterocycles. The van der Waals surface area contributed by atoms with E-state index in [-0.39, 0.29) is 15.9 Å². The molecule has 1 aromatic heterocycles. The Morgan fingerprint density at radius 2 is 1.89 bits per heavy atom. The standard InChI is InChI=1S/C18H16ClF2N3O2S/c1-10-18(27(2,22)25)24-17(23-10)16(11-3-8-15(21)14(19)9-11)26-13-6-4-12(20)5-7-13/h3-9,16,22H,1-2H3,(H,23,24)/t16-,27+/m0/s1. The van der Waals surface area contributed by atoms with E-state index in [0.717, 1.165) is 0 Å². The maximum absolute atomic E-state index is 13.6. The summed E-state index contributed by atoms with van der Waals surface area (Å²) in [6, 6.07) is 9.44. The van der Waals surface area contributed by atoms with Crippen LogP contribution in [0.3, 0.4) is 0 Å². The molecule has 5 nitrogen and oxygen atoms in total. The van der Waals surface area contributed by atoms with Crippen molar-refractivity contribution in [3.63, 3.8) is 0 Å². The second-order valence-electron chi connectivity index (χ2n) is 6.02. The molecule has 0 spiro atoms. The van der Waals surface area contributed by atoms with Crippen LogP contribution in [-0.2, 0) is 9.73 Å². The number of nitrogens with zero attached hydrogens (tertiary/aromatic N) is 1. The minimum atomic E-state index is -3.06. The molecule has 0 aliphatic rings. The number of aromatic amines is 1. The van der Waals surface area contributed by atoms with E-state index in [1.54, 1.807) is 6.92 Å². The molecule has 27 heavy (non-hydrogen) atoms. The predicted octanol–water partition coefficient (Wildman–Crippen LogP) is 4.85. The number of aromatic nitrogens is 2. The number of hydrogen-bond acceptors (Lipinski definition) is 4. The Morgan fingerprint density at radius 1 is 1.22 bits per heavy atom. The van der Waals surface area contributed by atoms with Gasteiger partial charge in [-0.15, -0.1) is 0 Å². The third kappa shape index (κ3) is 4.28. The fourth-order valence-corrected chi connectivity index (χ4v) is 3.67. The zero-order chi connectivity index (χ0) is 19.8. The second kappa shape index (κ2) is 7.28. The summed E-state index contributed by atoms with van der Waals surface area (Å²) in [5, 5.41) is 0.0157. The van der Waals surface area contributed by atoms with Crippen LogP contribution in [0.15, 0.2) is 47.5 Å². The molecule has 0 bridgehead atoms. The Morgan fingerprint density at radius 3 is 2.44 bits per heavy atom. The van der Waals surface area contributed by atoms with E-state index in [2.05, 4.69) is 9.97 Å². The number of hydrogen-bond donors (Lipinski definition) is 2. The first-order valence-electron chi connectivity index (χ1n) is 7.82. The van der Waals surface area contributed by atoms with Gasteiger partial charge in [-0.05, 0) is 43.3 Å². The lowest BCUT2D eigenvalue weighted by Gasteiger charge is -2.18. The van der Waals surface area contributed by atoms with Gasteiger partial charge in [-0.25, -0.2) is 22.8 Å². The van der Waals surface area contributed by atoms with Crippen LogP contribution in [0.1, 0.15) is 23.2 Å². The van der Waals surface area contributed by atoms with Crippen molar-refractivity contribution in [3.05, 3.63) is 76.2 Å². The van der Waals surface area contributed by atoms with Crippen molar-refractivity contribution in [2.75, 3.05) is 6.26 Å². The molecular weight excluding hydrogens is 396 g/mol. The minimum Gasteiger partial charge on any atom is -0.478 e. The molecule has 0 unspecified atom stereocenters. The highest BCUT2D eigenvalue weighted by molar-refractivity contribution is 7.91. The molecule has 0 fully saturated rings. The third-order valence-electron chi connectivity index (χ3n) is 3.79. The van der Waals surface area contributed by atoms with Crippen LogP contribution in [-0.4, -0.2) is 20.4 Å². The number of imidazole rings is 1. The van der Waals surface area contributed by atoms with Gasteiger partial charge in [-0.1, -0.05) is 17.7 Å². The van der Waals surface area contributed by atoms with Gasteiger partial charge in [0, 0.05) is 17.5 Å². The van der Waals surface area contributed by atoms with Crippen molar-refractivity contribution in [2.45, 2.75) is 18.1 Å². The Kier molecular flexibility index (Phi) is 5.21. The molecule has 142 valence electrons. The second-order valence-corrected chi connectivity index (χ2v) is 8.50. The van der Waals surface area contributed by atoms with Crippen LogP contribution < -0.4 is 4.74 Å². The van der Waals surface area contributed by atoms with Gasteiger partial charge < -0.3 is 9.72 Å². The number of benzene rings is 2. The van der Waals surface area contributed by atoms with Crippen molar-refractivity contribution in [1.82, 2.24) is 9.97 Å². The van der Waals surface area contributed by atoms with Gasteiger partial charge in [0.05, 0.1) is 14.8 Å². The van der Waals surface area contributed by atoms with Crippen LogP contribution in [0.2, 0.25) is 5.02 Å². The van der Waals surface area contributed by atoms with E-state index in [0.29, 0.717) is 17.0 Å². The van der Waals surface area contributed by atoms with Crippen molar-refractivity contribution in [2.24, 2.45) is 0 Å². The number of nitrogens with one attached hydrogen (secondary N) is 2. The average molecular weight is 412 g/mol. The first kappa shape index (κ1) is 19.3. The fourth-order valence-electron chi connectivity index (χ4n) is 2.58. The normalized spacial score (nSPS) is 14.6. The van der Waals surface area contributed by atoms with Crippen molar-refractivity contribution in [3.8, 4) is 5.75 Å². The molecule has 0 saturated carbocycles. The van der Waals surface area contributed by atoms with Crippen LogP contribution in [0.25, 0.3) is 0 Å². The molecule has 3 rings (SSSR count). The maximum atomic E-state index is 13.6. The zero-order valence-electron chi connectivity index (χ0n) is 14.4. The summed E-state index contributed by atoms with van der Waals surface area (Å²) in [5.74, 6) is -0.378. The highest BCUT2D eigenvalue weighted by Crippen LogP contribution is 2.30. The highest BCUT2D eigenvalue weighted by atomic mass is 35.5. The molecule has 0 amide bonds. The number of ether oxygens (including phenoxy) is 1. The molecule has 2 aromatic carbocycles. The van der Waals surface area contributed by atoms with E-state index in [1.807, 2.05) is 0 Å². The highest BCUT2D eigenvalue weighted by Gasteiger charge is 2.24. The molecule has 9 heteroatoms. The summed E-state index contributed by atoms with van der Waals surface area (Å²) in [6.45, 7) is 1.65. The summed E-state index contributed by atoms with van der Waals surface area (Å²) in [4.78, 5) is 7.24. The summed E-state index contributed by atoms with van der Waals surface area (Å²) in [6.07, 6.45) is 0.410. The fraction of sp³-hybridized carbons (Fsp3) is 0.167. The van der Waals surface area contributed by atoms with Crippen LogP contribution in [0.4, 0.5) is 8.78 Å². The Bertz CT molecular complexity index is 1080. The van der Waals surface area contributed by atoms with Gasteiger partial charge in [0.15, 0.2) is 17.0 Å². The van der Waals surface area contributed by atoms with Crippen molar-refractivity contribution >= 4 is 21.3 Å². The maximum Gasteiger partial charge on any atom is 0.181 e. The molecule has 0 radical (unpaired) electrons. The molecule has 2 atom stereocenters. The quantitative estimate of drug-likeness (QED) is 0.629. The number of H-pyrrole nitrogens is 1. The Balaban J connectivity index is 2.09. The van der Waals surface area contributed by atoms with Gasteiger partial charge in [0.25, 0.3) is 0 Å². The lowest BCUT2D eigenvalue weighted by molar-refractivity contribution is 0.237. The number of rotatable bonds is 5. The molecular formula is C18H16ClF2N3O2S. The SMILES string of the molecule is Cc1[nH]c([C@@H](Oc2ccc(F)cc2)c2ccc(F)c(Cl)c2)nc1[S@](C)(=N)=O. The average Bonchev–Trinajstić information content (AvgIpc) is 2.99. The molecule has 3 aromatic rings. The van der Waals surface area contributed by atoms with E-state index in [4.69, 9.17) is 21.1 Å². The van der Waals surface area contributed by atoms with Gasteiger partial charge in [0.1, 0.15) is 17.4 Å². The largest absolute Gasteiger partial charge is 0.478 e. The molecule has 0 aliphatic heterocycles. The van der Waals surface area contributed by atoms with E-state index < -0.39 is 27.5 Å². The summed E-state index contributed by atoms with van der Waals surface area (Å²) in [5.41, 5.74) is 0.951. The monoisotopic (exact) mass is 411 g/mol. The van der Waals surface area contributed by atoms with Crippen molar-refractivity contribution in [1.29, 1.82) is 4.78 Å². The summed E-state index contributed by atoms with van der Waals surface area (Å²) >= 11 is 5.89. The zero-order valence-corrected chi connectivity index (χ0v) is 16.0. The predicted molar refractivity (Wildman–Crippen MR) is 98.7 cm³/mol. The topological polar surface area (TPSA) is 78.8 Å². The molecule has 0 aliphatic carbocycles. The third-order valence-corrected chi connectivity index (χ3v) is 5.21. The minimum absolute atomic E-state index is 0.0940. The van der Waals surface area contributed by atoms with Gasteiger partial charge in [0.2, 0.25) is 0 Å². The summed E-state index contributed by atoms with van der Waals surface area (Å²) < 4.78 is 52.5. The van der Waals surface area contributed by atoms with E-state index >= 15 is 0 Å². The van der Waals surface area contributed by atoms with Crippen molar-refractivity contribution < 1.29 is 17.7 Å².